The lowest BCUT2D eigenvalue weighted by Gasteiger charge is -1.96. The van der Waals surface area contributed by atoms with Gasteiger partial charge >= 0.3 is 6.01 Å². The van der Waals surface area contributed by atoms with Crippen LogP contribution in [0.25, 0.3) is 22.5 Å². The number of imidazole rings is 1. The van der Waals surface area contributed by atoms with Crippen LogP contribution in [0.2, 0.25) is 5.02 Å². The van der Waals surface area contributed by atoms with Crippen LogP contribution < -0.4 is 10.1 Å². The average Bonchev–Trinajstić information content (AvgIpc) is 3.22. The molecule has 0 fully saturated rings. The highest BCUT2D eigenvalue weighted by Crippen LogP contribution is 2.25. The molecule has 0 bridgehead atoms. The maximum Gasteiger partial charge on any atom is 0.322 e. The van der Waals surface area contributed by atoms with Crippen LogP contribution in [-0.2, 0) is 0 Å². The minimum atomic E-state index is 0.214. The van der Waals surface area contributed by atoms with Crippen LogP contribution in [0.1, 0.15) is 0 Å². The Morgan fingerprint density at radius 3 is 2.79 bits per heavy atom. The highest BCUT2D eigenvalue weighted by molar-refractivity contribution is 6.30. The van der Waals surface area contributed by atoms with Gasteiger partial charge in [-0.3, -0.25) is 5.32 Å². The van der Waals surface area contributed by atoms with Crippen molar-refractivity contribution in [1.82, 2.24) is 25.1 Å². The molecule has 0 aliphatic carbocycles. The van der Waals surface area contributed by atoms with Gasteiger partial charge < -0.3 is 14.1 Å². The maximum absolute atomic E-state index is 5.87. The van der Waals surface area contributed by atoms with Gasteiger partial charge in [-0.15, -0.1) is 5.10 Å². The number of nitrogens with one attached hydrogen (secondary N) is 2. The van der Waals surface area contributed by atoms with E-state index < -0.39 is 0 Å². The van der Waals surface area contributed by atoms with Gasteiger partial charge in [-0.05, 0) is 30.3 Å². The molecule has 0 spiro atoms. The Labute approximate surface area is 140 Å². The minimum absolute atomic E-state index is 0.214. The summed E-state index contributed by atoms with van der Waals surface area (Å²) in [7, 11) is 1.54. The van der Waals surface area contributed by atoms with E-state index in [1.54, 1.807) is 43.6 Å². The Bertz CT molecular complexity index is 995. The molecule has 9 heteroatoms. The summed E-state index contributed by atoms with van der Waals surface area (Å²) in [4.78, 5) is 11.6. The number of fused-ring (bicyclic) bond motifs is 1. The number of anilines is 2. The van der Waals surface area contributed by atoms with Crippen molar-refractivity contribution in [1.29, 1.82) is 0 Å². The van der Waals surface area contributed by atoms with Crippen LogP contribution in [0.4, 0.5) is 12.0 Å². The molecule has 120 valence electrons. The molecule has 3 heterocycles. The molecule has 0 atom stereocenters. The van der Waals surface area contributed by atoms with Gasteiger partial charge in [-0.25, -0.2) is 9.97 Å². The number of halogens is 1. The zero-order valence-electron chi connectivity index (χ0n) is 12.4. The lowest BCUT2D eigenvalue weighted by Crippen LogP contribution is -1.92. The SMILES string of the molecule is COc1nccc2[nH]c(Nc3nnc(-c4ccc(Cl)cc4)o3)nc12. The van der Waals surface area contributed by atoms with Crippen LogP contribution in [0, 0.1) is 0 Å². The first-order valence-electron chi connectivity index (χ1n) is 6.98. The van der Waals surface area contributed by atoms with Gasteiger partial charge in [0.05, 0.1) is 12.6 Å². The standard InChI is InChI=1S/C15H11ClN6O2/c1-23-13-11-10(6-7-17-13)18-14(19-11)20-15-22-21-12(24-15)8-2-4-9(16)5-3-8/h2-7H,1H3,(H2,18,19,20,22). The minimum Gasteiger partial charge on any atom is -0.479 e. The van der Waals surface area contributed by atoms with Crippen LogP contribution in [0.5, 0.6) is 5.88 Å². The smallest absolute Gasteiger partial charge is 0.322 e. The van der Waals surface area contributed by atoms with Crippen molar-refractivity contribution in [2.45, 2.75) is 0 Å². The molecular weight excluding hydrogens is 332 g/mol. The average molecular weight is 343 g/mol. The van der Waals surface area contributed by atoms with Gasteiger partial charge in [0, 0.05) is 16.8 Å². The molecule has 4 rings (SSSR count). The van der Waals surface area contributed by atoms with E-state index in [9.17, 15) is 0 Å². The second kappa shape index (κ2) is 5.82. The van der Waals surface area contributed by atoms with Crippen LogP contribution in [0.3, 0.4) is 0 Å². The third-order valence-electron chi connectivity index (χ3n) is 3.30. The molecule has 0 aliphatic rings. The van der Waals surface area contributed by atoms with E-state index >= 15 is 0 Å². The first-order valence-corrected chi connectivity index (χ1v) is 7.36. The zero-order chi connectivity index (χ0) is 16.5. The molecule has 8 nitrogen and oxygen atoms in total. The van der Waals surface area contributed by atoms with Gasteiger partial charge in [-0.2, -0.15) is 0 Å². The van der Waals surface area contributed by atoms with Gasteiger partial charge in [0.1, 0.15) is 0 Å². The lowest BCUT2D eigenvalue weighted by molar-refractivity contribution is 0.402. The van der Waals surface area contributed by atoms with Crippen LogP contribution in [-0.4, -0.2) is 32.3 Å². The quantitative estimate of drug-likeness (QED) is 0.585. The fourth-order valence-corrected chi connectivity index (χ4v) is 2.33. The number of methoxy groups -OCH3 is 1. The van der Waals surface area contributed by atoms with Gasteiger partial charge in [0.25, 0.3) is 0 Å². The molecule has 0 unspecified atom stereocenters. The number of aromatic nitrogens is 5. The number of aromatic amines is 1. The van der Waals surface area contributed by atoms with Crippen molar-refractivity contribution in [3.05, 3.63) is 41.6 Å². The van der Waals surface area contributed by atoms with Gasteiger partial charge in [-0.1, -0.05) is 16.7 Å². The zero-order valence-corrected chi connectivity index (χ0v) is 13.2. The Morgan fingerprint density at radius 2 is 2.00 bits per heavy atom. The van der Waals surface area contributed by atoms with Gasteiger partial charge in [0.15, 0.2) is 5.52 Å². The summed E-state index contributed by atoms with van der Waals surface area (Å²) >= 11 is 5.87. The second-order valence-electron chi connectivity index (χ2n) is 4.85. The second-order valence-corrected chi connectivity index (χ2v) is 5.28. The molecule has 4 aromatic rings. The molecule has 1 aromatic carbocycles. The summed E-state index contributed by atoms with van der Waals surface area (Å²) in [6, 6.07) is 9.13. The van der Waals surface area contributed by atoms with Crippen molar-refractivity contribution >= 4 is 34.6 Å². The Balaban J connectivity index is 1.61. The Kier molecular flexibility index (Phi) is 3.51. The molecule has 3 aromatic heterocycles. The fourth-order valence-electron chi connectivity index (χ4n) is 2.20. The molecule has 0 radical (unpaired) electrons. The summed E-state index contributed by atoms with van der Waals surface area (Å²) in [6.07, 6.45) is 1.63. The van der Waals surface area contributed by atoms with Crippen molar-refractivity contribution in [3.8, 4) is 17.3 Å². The van der Waals surface area contributed by atoms with E-state index in [0.717, 1.165) is 11.1 Å². The molecular formula is C15H11ClN6O2. The number of benzene rings is 1. The third-order valence-corrected chi connectivity index (χ3v) is 3.55. The number of H-pyrrole nitrogens is 1. The van der Waals surface area contributed by atoms with Crippen molar-refractivity contribution in [3.63, 3.8) is 0 Å². The largest absolute Gasteiger partial charge is 0.479 e. The van der Waals surface area contributed by atoms with Crippen LogP contribution >= 0.6 is 11.6 Å². The van der Waals surface area contributed by atoms with E-state index in [4.69, 9.17) is 20.8 Å². The number of hydrogen-bond donors (Lipinski definition) is 2. The third kappa shape index (κ3) is 2.63. The predicted octanol–water partition coefficient (Wildman–Crippen LogP) is 3.41. The molecule has 0 aliphatic heterocycles. The number of nitrogens with zero attached hydrogens (tertiary/aromatic N) is 4. The van der Waals surface area contributed by atoms with E-state index in [2.05, 4.69) is 30.5 Å². The summed E-state index contributed by atoms with van der Waals surface area (Å²) in [5.41, 5.74) is 2.16. The topological polar surface area (TPSA) is 102 Å². The highest BCUT2D eigenvalue weighted by atomic mass is 35.5. The maximum atomic E-state index is 5.87. The van der Waals surface area contributed by atoms with Crippen LogP contribution in [0.15, 0.2) is 40.9 Å². The van der Waals surface area contributed by atoms with E-state index in [-0.39, 0.29) is 6.01 Å². The lowest BCUT2D eigenvalue weighted by atomic mass is 10.2. The van der Waals surface area contributed by atoms with Crippen molar-refractivity contribution < 1.29 is 9.15 Å². The van der Waals surface area contributed by atoms with E-state index in [0.29, 0.717) is 28.3 Å². The Morgan fingerprint density at radius 1 is 1.17 bits per heavy atom. The number of ether oxygens (including phenoxy) is 1. The summed E-state index contributed by atoms with van der Waals surface area (Å²) in [5, 5.41) is 11.5. The normalized spacial score (nSPS) is 10.9. The van der Waals surface area contributed by atoms with E-state index in [1.807, 2.05) is 0 Å². The number of hydrogen-bond acceptors (Lipinski definition) is 7. The molecule has 0 amide bonds. The first kappa shape index (κ1) is 14.5. The Hall–Kier alpha value is -3.13. The molecule has 24 heavy (non-hydrogen) atoms. The number of rotatable bonds is 4. The van der Waals surface area contributed by atoms with Crippen molar-refractivity contribution in [2.24, 2.45) is 0 Å². The predicted molar refractivity (Wildman–Crippen MR) is 88.5 cm³/mol. The van der Waals surface area contributed by atoms with Crippen molar-refractivity contribution in [2.75, 3.05) is 12.4 Å². The molecule has 2 N–H and O–H groups in total. The monoisotopic (exact) mass is 342 g/mol. The number of pyridine rings is 1. The summed E-state index contributed by atoms with van der Waals surface area (Å²) in [6.45, 7) is 0. The molecule has 0 saturated carbocycles. The van der Waals surface area contributed by atoms with Gasteiger partial charge in [0.2, 0.25) is 17.7 Å². The van der Waals surface area contributed by atoms with E-state index in [1.165, 1.54) is 0 Å². The summed E-state index contributed by atoms with van der Waals surface area (Å²) in [5.74, 6) is 1.26. The first-order chi connectivity index (χ1) is 11.7. The molecule has 0 saturated heterocycles. The highest BCUT2D eigenvalue weighted by Gasteiger charge is 2.12. The fraction of sp³-hybridized carbons (Fsp3) is 0.0667. The summed E-state index contributed by atoms with van der Waals surface area (Å²) < 4.78 is 10.8.